The monoisotopic (exact) mass is 93.0 g/mol. The molecule has 5 heavy (non-hydrogen) atoms. The Labute approximate surface area is 37.6 Å². The number of hydrogen-bond donors (Lipinski definition) is 0. The van der Waals surface area contributed by atoms with E-state index < -0.39 is 0 Å². The maximum absolute atomic E-state index is 5.22. The average Bonchev–Trinajstić information content (AvgIpc) is 1.75. The van der Waals surface area contributed by atoms with Gasteiger partial charge >= 0.3 is 0 Å². The summed E-state index contributed by atoms with van der Waals surface area (Å²) in [4.78, 5) is 0. The normalized spacial score (nSPS) is 21.0. The summed E-state index contributed by atoms with van der Waals surface area (Å²) in [6, 6.07) is 0. The molecule has 0 aliphatic carbocycles. The van der Waals surface area contributed by atoms with E-state index in [1.165, 1.54) is 0 Å². The van der Waals surface area contributed by atoms with Gasteiger partial charge < -0.3 is 0 Å². The first kappa shape index (κ1) is 5.25. The predicted octanol–water partition coefficient (Wildman–Crippen LogP) is 1.09. The molecule has 1 rings (SSSR count). The molecule has 0 aromatic carbocycles. The molecule has 2 heteroatoms. The Hall–Kier alpha value is 0.250. The van der Waals surface area contributed by atoms with Gasteiger partial charge in [-0.25, -0.2) is 4.42 Å². The van der Waals surface area contributed by atoms with Crippen molar-refractivity contribution in [3.05, 3.63) is 0 Å². The summed E-state index contributed by atoms with van der Waals surface area (Å²) < 4.78 is 1.72. The van der Waals surface area contributed by atoms with Crippen LogP contribution in [0.15, 0.2) is 0 Å². The molecule has 32 valence electrons. The standard InChI is InChI=1S/C2H4ClN.CH4/c3-4-1-2-4;/h1-2H2;1H4. The van der Waals surface area contributed by atoms with Gasteiger partial charge in [0.1, 0.15) is 0 Å². The number of nitrogens with zero attached hydrogens (tertiary/aromatic N) is 1. The minimum atomic E-state index is 0. The van der Waals surface area contributed by atoms with E-state index in [-0.39, 0.29) is 7.43 Å². The van der Waals surface area contributed by atoms with Crippen LogP contribution in [0.4, 0.5) is 0 Å². The lowest BCUT2D eigenvalue weighted by atomic mass is 11.0. The van der Waals surface area contributed by atoms with Crippen LogP contribution in [0.2, 0.25) is 0 Å². The largest absolute Gasteiger partial charge is 0.218 e. The van der Waals surface area contributed by atoms with E-state index in [4.69, 9.17) is 11.8 Å². The van der Waals surface area contributed by atoms with Gasteiger partial charge in [0.25, 0.3) is 0 Å². The van der Waals surface area contributed by atoms with Crippen LogP contribution in [0.3, 0.4) is 0 Å². The molecule has 0 aromatic heterocycles. The highest BCUT2D eigenvalue weighted by atomic mass is 35.5. The molecule has 1 aliphatic heterocycles. The molecule has 0 spiro atoms. The SMILES string of the molecule is C.ClN1CC1. The Morgan fingerprint density at radius 2 is 1.60 bits per heavy atom. The number of halogens is 1. The molecule has 0 radical (unpaired) electrons. The van der Waals surface area contributed by atoms with Crippen LogP contribution >= 0.6 is 11.8 Å². The van der Waals surface area contributed by atoms with Gasteiger partial charge in [-0.2, -0.15) is 0 Å². The van der Waals surface area contributed by atoms with Crippen molar-refractivity contribution in [3.8, 4) is 0 Å². The Bertz CT molecular complexity index is 26.1. The molecule has 0 aromatic rings. The van der Waals surface area contributed by atoms with Crippen molar-refractivity contribution >= 4 is 11.8 Å². The van der Waals surface area contributed by atoms with E-state index in [0.29, 0.717) is 0 Å². The predicted molar refractivity (Wildman–Crippen MR) is 24.2 cm³/mol. The van der Waals surface area contributed by atoms with Gasteiger partial charge in [0, 0.05) is 13.1 Å². The minimum Gasteiger partial charge on any atom is -0.218 e. The van der Waals surface area contributed by atoms with Gasteiger partial charge in [0.2, 0.25) is 0 Å². The zero-order valence-corrected chi connectivity index (χ0v) is 3.00. The summed E-state index contributed by atoms with van der Waals surface area (Å²) >= 11 is 5.22. The maximum Gasteiger partial charge on any atom is 0.0280 e. The molecular formula is C3H8ClN. The van der Waals surface area contributed by atoms with Gasteiger partial charge in [-0.1, -0.05) is 7.43 Å². The van der Waals surface area contributed by atoms with Crippen LogP contribution in [0, 0.1) is 0 Å². The quantitative estimate of drug-likeness (QED) is 0.320. The van der Waals surface area contributed by atoms with E-state index >= 15 is 0 Å². The van der Waals surface area contributed by atoms with E-state index in [9.17, 15) is 0 Å². The highest BCUT2D eigenvalue weighted by Gasteiger charge is 2.11. The Morgan fingerprint density at radius 1 is 1.40 bits per heavy atom. The molecule has 0 atom stereocenters. The molecule has 1 fully saturated rings. The van der Waals surface area contributed by atoms with Crippen molar-refractivity contribution in [2.24, 2.45) is 0 Å². The third-order valence-corrected chi connectivity index (χ3v) is 0.731. The van der Waals surface area contributed by atoms with E-state index in [1.54, 1.807) is 4.42 Å². The second kappa shape index (κ2) is 1.63. The summed E-state index contributed by atoms with van der Waals surface area (Å²) in [6.45, 7) is 2.17. The fourth-order valence-corrected chi connectivity index (χ4v) is 0.113. The second-order valence-corrected chi connectivity index (χ2v) is 1.39. The Morgan fingerprint density at radius 3 is 1.60 bits per heavy atom. The lowest BCUT2D eigenvalue weighted by molar-refractivity contribution is 0.928. The van der Waals surface area contributed by atoms with Crippen LogP contribution in [-0.4, -0.2) is 17.5 Å². The Kier molecular flexibility index (Phi) is 1.71. The lowest BCUT2D eigenvalue weighted by Gasteiger charge is -1.61. The maximum atomic E-state index is 5.22. The van der Waals surface area contributed by atoms with Crippen molar-refractivity contribution < 1.29 is 0 Å². The minimum absolute atomic E-state index is 0. The van der Waals surface area contributed by atoms with Crippen LogP contribution in [0.25, 0.3) is 0 Å². The first-order chi connectivity index (χ1) is 1.89. The van der Waals surface area contributed by atoms with Crippen molar-refractivity contribution in [1.82, 2.24) is 4.42 Å². The molecule has 0 bridgehead atoms. The molecule has 1 heterocycles. The summed E-state index contributed by atoms with van der Waals surface area (Å²) in [5, 5.41) is 0. The lowest BCUT2D eigenvalue weighted by Crippen LogP contribution is -1.59. The number of rotatable bonds is 0. The summed E-state index contributed by atoms with van der Waals surface area (Å²) in [5.41, 5.74) is 0. The van der Waals surface area contributed by atoms with Gasteiger partial charge in [-0.05, 0) is 11.8 Å². The van der Waals surface area contributed by atoms with Crippen LogP contribution in [0.5, 0.6) is 0 Å². The van der Waals surface area contributed by atoms with Crippen LogP contribution in [-0.2, 0) is 0 Å². The third-order valence-electron chi connectivity index (χ3n) is 0.393. The van der Waals surface area contributed by atoms with E-state index in [0.717, 1.165) is 13.1 Å². The van der Waals surface area contributed by atoms with Gasteiger partial charge in [-0.15, -0.1) is 0 Å². The molecule has 1 aliphatic rings. The summed E-state index contributed by atoms with van der Waals surface area (Å²) in [7, 11) is 0. The molecule has 0 N–H and O–H groups in total. The first-order valence-electron chi connectivity index (χ1n) is 1.30. The van der Waals surface area contributed by atoms with Gasteiger partial charge in [0.15, 0.2) is 0 Å². The highest BCUT2D eigenvalue weighted by molar-refractivity contribution is 6.14. The van der Waals surface area contributed by atoms with E-state index in [2.05, 4.69) is 0 Å². The van der Waals surface area contributed by atoms with Gasteiger partial charge in [-0.3, -0.25) is 0 Å². The van der Waals surface area contributed by atoms with Crippen LogP contribution in [0.1, 0.15) is 7.43 Å². The third kappa shape index (κ3) is 2.04. The molecular weight excluding hydrogens is 85.5 g/mol. The summed E-state index contributed by atoms with van der Waals surface area (Å²) in [6.07, 6.45) is 0. The first-order valence-corrected chi connectivity index (χ1v) is 1.64. The average molecular weight is 93.6 g/mol. The van der Waals surface area contributed by atoms with Gasteiger partial charge in [0.05, 0.1) is 0 Å². The van der Waals surface area contributed by atoms with Crippen molar-refractivity contribution in [3.63, 3.8) is 0 Å². The van der Waals surface area contributed by atoms with Crippen molar-refractivity contribution in [2.75, 3.05) is 13.1 Å². The topological polar surface area (TPSA) is 3.01 Å². The zero-order valence-electron chi connectivity index (χ0n) is 2.24. The molecule has 0 amide bonds. The fraction of sp³-hybridized carbons (Fsp3) is 1.00. The molecule has 0 saturated carbocycles. The Balaban J connectivity index is 0.000000160. The van der Waals surface area contributed by atoms with Crippen molar-refractivity contribution in [2.45, 2.75) is 7.43 Å². The molecule has 1 nitrogen and oxygen atoms in total. The van der Waals surface area contributed by atoms with E-state index in [1.807, 2.05) is 0 Å². The fourth-order valence-electron chi connectivity index (χ4n) is 0.0378. The molecule has 0 unspecified atom stereocenters. The highest BCUT2D eigenvalue weighted by Crippen LogP contribution is 2.04. The molecule has 1 saturated heterocycles. The number of hydrogen-bond acceptors (Lipinski definition) is 1. The van der Waals surface area contributed by atoms with Crippen LogP contribution < -0.4 is 0 Å². The summed E-state index contributed by atoms with van der Waals surface area (Å²) in [5.74, 6) is 0. The van der Waals surface area contributed by atoms with Crippen molar-refractivity contribution in [1.29, 1.82) is 0 Å². The zero-order chi connectivity index (χ0) is 2.99. The second-order valence-electron chi connectivity index (χ2n) is 0.910. The smallest absolute Gasteiger partial charge is 0.0280 e.